The first kappa shape index (κ1) is 17.3. The molecule has 0 radical (unpaired) electrons. The van der Waals surface area contributed by atoms with Crippen LogP contribution in [0, 0.1) is 6.92 Å². The summed E-state index contributed by atoms with van der Waals surface area (Å²) in [6.07, 6.45) is 5.67. The van der Waals surface area contributed by atoms with Crippen molar-refractivity contribution in [2.45, 2.75) is 39.3 Å². The molecule has 1 unspecified atom stereocenters. The molecular weight excluding hydrogens is 312 g/mol. The van der Waals surface area contributed by atoms with Gasteiger partial charge >= 0.3 is 0 Å². The van der Waals surface area contributed by atoms with Gasteiger partial charge < -0.3 is 0 Å². The van der Waals surface area contributed by atoms with E-state index >= 15 is 0 Å². The predicted octanol–water partition coefficient (Wildman–Crippen LogP) is 3.37. The van der Waals surface area contributed by atoms with Crippen molar-refractivity contribution in [3.05, 3.63) is 76.1 Å². The SMILES string of the molecule is CCCC(c1ccccn1)N(C)Cc1cc(=O)n2cccc(C)c2n1. The fraction of sp³-hybridized carbons (Fsp3) is 0.350. The number of hydrogen-bond acceptors (Lipinski definition) is 4. The fourth-order valence-electron chi connectivity index (χ4n) is 3.20. The zero-order valence-electron chi connectivity index (χ0n) is 15.0. The molecule has 0 fully saturated rings. The second kappa shape index (κ2) is 7.57. The summed E-state index contributed by atoms with van der Waals surface area (Å²) in [6, 6.07) is 11.7. The van der Waals surface area contributed by atoms with E-state index < -0.39 is 0 Å². The van der Waals surface area contributed by atoms with E-state index in [-0.39, 0.29) is 11.6 Å². The number of aryl methyl sites for hydroxylation is 1. The summed E-state index contributed by atoms with van der Waals surface area (Å²) < 4.78 is 1.60. The van der Waals surface area contributed by atoms with E-state index in [1.807, 2.05) is 37.4 Å². The van der Waals surface area contributed by atoms with Crippen LogP contribution in [0.3, 0.4) is 0 Å². The molecule has 25 heavy (non-hydrogen) atoms. The third kappa shape index (κ3) is 3.77. The number of nitrogens with zero attached hydrogens (tertiary/aromatic N) is 4. The number of fused-ring (bicyclic) bond motifs is 1. The highest BCUT2D eigenvalue weighted by Crippen LogP contribution is 2.24. The van der Waals surface area contributed by atoms with E-state index in [0.717, 1.165) is 35.4 Å². The average molecular weight is 336 g/mol. The Hall–Kier alpha value is -2.53. The monoisotopic (exact) mass is 336 g/mol. The highest BCUT2D eigenvalue weighted by molar-refractivity contribution is 5.46. The molecule has 0 aliphatic rings. The third-order valence-corrected chi connectivity index (χ3v) is 4.47. The highest BCUT2D eigenvalue weighted by atomic mass is 16.1. The molecule has 5 heteroatoms. The number of aromatic nitrogens is 3. The molecule has 3 heterocycles. The maximum absolute atomic E-state index is 12.4. The Morgan fingerprint density at radius 1 is 1.24 bits per heavy atom. The molecule has 0 saturated carbocycles. The molecule has 0 N–H and O–H groups in total. The lowest BCUT2D eigenvalue weighted by Crippen LogP contribution is -2.27. The summed E-state index contributed by atoms with van der Waals surface area (Å²) in [7, 11) is 2.07. The zero-order chi connectivity index (χ0) is 17.8. The second-order valence-corrected chi connectivity index (χ2v) is 6.44. The lowest BCUT2D eigenvalue weighted by Gasteiger charge is -2.27. The van der Waals surface area contributed by atoms with Crippen LogP contribution >= 0.6 is 0 Å². The lowest BCUT2D eigenvalue weighted by molar-refractivity contribution is 0.216. The molecule has 1 atom stereocenters. The van der Waals surface area contributed by atoms with Crippen LogP contribution in [-0.4, -0.2) is 26.3 Å². The normalized spacial score (nSPS) is 12.6. The molecule has 130 valence electrons. The van der Waals surface area contributed by atoms with Crippen LogP contribution in [-0.2, 0) is 6.54 Å². The molecule has 3 rings (SSSR count). The minimum Gasteiger partial charge on any atom is -0.292 e. The van der Waals surface area contributed by atoms with Crippen LogP contribution in [0.4, 0.5) is 0 Å². The van der Waals surface area contributed by atoms with Gasteiger partial charge in [0.25, 0.3) is 5.56 Å². The molecule has 0 aromatic carbocycles. The van der Waals surface area contributed by atoms with Gasteiger partial charge in [0.15, 0.2) is 0 Å². The van der Waals surface area contributed by atoms with Crippen molar-refractivity contribution in [2.75, 3.05) is 7.05 Å². The maximum atomic E-state index is 12.4. The van der Waals surface area contributed by atoms with Crippen molar-refractivity contribution in [3.8, 4) is 0 Å². The van der Waals surface area contributed by atoms with E-state index in [4.69, 9.17) is 4.98 Å². The Labute approximate surface area is 148 Å². The highest BCUT2D eigenvalue weighted by Gasteiger charge is 2.18. The van der Waals surface area contributed by atoms with Crippen LogP contribution in [0.15, 0.2) is 53.6 Å². The third-order valence-electron chi connectivity index (χ3n) is 4.47. The minimum absolute atomic E-state index is 0.0398. The molecule has 0 spiro atoms. The molecule has 0 amide bonds. The molecule has 3 aromatic rings. The average Bonchev–Trinajstić information content (AvgIpc) is 2.61. The van der Waals surface area contributed by atoms with E-state index in [0.29, 0.717) is 6.54 Å². The summed E-state index contributed by atoms with van der Waals surface area (Å²) >= 11 is 0. The van der Waals surface area contributed by atoms with Gasteiger partial charge in [-0.1, -0.05) is 25.5 Å². The molecule has 0 aliphatic heterocycles. The van der Waals surface area contributed by atoms with Gasteiger partial charge in [0.05, 0.1) is 17.4 Å². The Bertz CT molecular complexity index is 904. The van der Waals surface area contributed by atoms with Crippen molar-refractivity contribution in [1.29, 1.82) is 0 Å². The van der Waals surface area contributed by atoms with Gasteiger partial charge in [-0.05, 0) is 44.2 Å². The molecule has 3 aromatic heterocycles. The summed E-state index contributed by atoms with van der Waals surface area (Å²) in [4.78, 5) is 23.8. The first-order valence-electron chi connectivity index (χ1n) is 8.69. The Balaban J connectivity index is 1.91. The van der Waals surface area contributed by atoms with Crippen LogP contribution in [0.25, 0.3) is 5.65 Å². The van der Waals surface area contributed by atoms with E-state index in [1.54, 1.807) is 16.7 Å². The van der Waals surface area contributed by atoms with Crippen molar-refractivity contribution < 1.29 is 0 Å². The smallest absolute Gasteiger partial charge is 0.258 e. The number of rotatable bonds is 6. The largest absolute Gasteiger partial charge is 0.292 e. The van der Waals surface area contributed by atoms with Gasteiger partial charge in [-0.2, -0.15) is 0 Å². The van der Waals surface area contributed by atoms with E-state index in [9.17, 15) is 4.79 Å². The van der Waals surface area contributed by atoms with Crippen molar-refractivity contribution >= 4 is 5.65 Å². The summed E-state index contributed by atoms with van der Waals surface area (Å²) in [5.74, 6) is 0. The van der Waals surface area contributed by atoms with E-state index in [2.05, 4.69) is 29.9 Å². The van der Waals surface area contributed by atoms with Crippen molar-refractivity contribution in [3.63, 3.8) is 0 Å². The predicted molar refractivity (Wildman–Crippen MR) is 99.6 cm³/mol. The van der Waals surface area contributed by atoms with Crippen LogP contribution in [0.1, 0.15) is 42.8 Å². The molecule has 5 nitrogen and oxygen atoms in total. The fourth-order valence-corrected chi connectivity index (χ4v) is 3.20. The topological polar surface area (TPSA) is 50.5 Å². The van der Waals surface area contributed by atoms with Gasteiger partial charge in [0, 0.05) is 25.0 Å². The second-order valence-electron chi connectivity index (χ2n) is 6.44. The molecule has 0 saturated heterocycles. The van der Waals surface area contributed by atoms with Gasteiger partial charge in [0.2, 0.25) is 0 Å². The van der Waals surface area contributed by atoms with Gasteiger partial charge in [-0.25, -0.2) is 4.98 Å². The minimum atomic E-state index is -0.0398. The summed E-state index contributed by atoms with van der Waals surface area (Å²) in [5.41, 5.74) is 3.53. The van der Waals surface area contributed by atoms with Crippen LogP contribution in [0.5, 0.6) is 0 Å². The Morgan fingerprint density at radius 3 is 2.80 bits per heavy atom. The van der Waals surface area contributed by atoms with Crippen molar-refractivity contribution in [1.82, 2.24) is 19.3 Å². The Morgan fingerprint density at radius 2 is 2.08 bits per heavy atom. The lowest BCUT2D eigenvalue weighted by atomic mass is 10.1. The van der Waals surface area contributed by atoms with Crippen LogP contribution < -0.4 is 5.56 Å². The first-order chi connectivity index (χ1) is 12.1. The summed E-state index contributed by atoms with van der Waals surface area (Å²) in [5, 5.41) is 0. The number of pyridine rings is 2. The van der Waals surface area contributed by atoms with Crippen LogP contribution in [0.2, 0.25) is 0 Å². The van der Waals surface area contributed by atoms with E-state index in [1.165, 1.54) is 0 Å². The van der Waals surface area contributed by atoms with Crippen molar-refractivity contribution in [2.24, 2.45) is 0 Å². The first-order valence-corrected chi connectivity index (χ1v) is 8.69. The maximum Gasteiger partial charge on any atom is 0.258 e. The standard InChI is InChI=1S/C20H24N4O/c1-4-8-18(17-10-5-6-11-21-17)23(3)14-16-13-19(25)24-12-7-9-15(2)20(24)22-16/h5-7,9-13,18H,4,8,14H2,1-3H3. The molecular formula is C20H24N4O. The molecule has 0 bridgehead atoms. The molecule has 0 aliphatic carbocycles. The number of hydrogen-bond donors (Lipinski definition) is 0. The quantitative estimate of drug-likeness (QED) is 0.692. The summed E-state index contributed by atoms with van der Waals surface area (Å²) in [6.45, 7) is 4.76. The van der Waals surface area contributed by atoms with Gasteiger partial charge in [-0.3, -0.25) is 19.1 Å². The Kier molecular flexibility index (Phi) is 5.24. The van der Waals surface area contributed by atoms with Gasteiger partial charge in [-0.15, -0.1) is 0 Å². The van der Waals surface area contributed by atoms with Gasteiger partial charge in [0.1, 0.15) is 5.65 Å². The zero-order valence-corrected chi connectivity index (χ0v) is 15.0.